The number of carbonyl (C=O) groups excluding carboxylic acids is 1. The normalized spacial score (nSPS) is 18.1. The van der Waals surface area contributed by atoms with Gasteiger partial charge in [-0.15, -0.1) is 0 Å². The van der Waals surface area contributed by atoms with Crippen LogP contribution in [0.1, 0.15) is 52.4 Å². The standard InChI is InChI=1S/C13H24N2O3/c1-3-10(2)15(9-12(16)17)13(18)14-11-7-5-4-6-8-11/h10-11H,3-9H2,1-2H3,(H,14,18)(H,16,17). The summed E-state index contributed by atoms with van der Waals surface area (Å²) < 4.78 is 0. The smallest absolute Gasteiger partial charge is 0.323 e. The minimum atomic E-state index is -0.964. The molecule has 1 aliphatic carbocycles. The fourth-order valence-electron chi connectivity index (χ4n) is 2.30. The van der Waals surface area contributed by atoms with Crippen molar-refractivity contribution in [1.82, 2.24) is 10.2 Å². The van der Waals surface area contributed by atoms with Crippen LogP contribution >= 0.6 is 0 Å². The third kappa shape index (κ3) is 4.55. The predicted molar refractivity (Wildman–Crippen MR) is 69.5 cm³/mol. The number of urea groups is 1. The van der Waals surface area contributed by atoms with Crippen LogP contribution in [-0.4, -0.2) is 40.6 Å². The lowest BCUT2D eigenvalue weighted by molar-refractivity contribution is -0.138. The third-order valence-electron chi connectivity index (χ3n) is 3.62. The maximum atomic E-state index is 12.1. The Kier molecular flexibility index (Phi) is 5.95. The lowest BCUT2D eigenvalue weighted by atomic mass is 9.96. The van der Waals surface area contributed by atoms with Gasteiger partial charge in [0.25, 0.3) is 0 Å². The van der Waals surface area contributed by atoms with E-state index in [1.807, 2.05) is 13.8 Å². The summed E-state index contributed by atoms with van der Waals surface area (Å²) in [5, 5.41) is 11.8. The summed E-state index contributed by atoms with van der Waals surface area (Å²) in [4.78, 5) is 24.3. The Morgan fingerprint density at radius 3 is 2.44 bits per heavy atom. The molecule has 5 nitrogen and oxygen atoms in total. The van der Waals surface area contributed by atoms with E-state index in [4.69, 9.17) is 5.11 Å². The molecular weight excluding hydrogens is 232 g/mol. The van der Waals surface area contributed by atoms with E-state index in [0.717, 1.165) is 32.1 Å². The average Bonchev–Trinajstić information content (AvgIpc) is 2.36. The first-order valence-corrected chi connectivity index (χ1v) is 6.83. The molecule has 104 valence electrons. The zero-order chi connectivity index (χ0) is 13.5. The van der Waals surface area contributed by atoms with Gasteiger partial charge in [-0.1, -0.05) is 26.2 Å². The van der Waals surface area contributed by atoms with E-state index in [9.17, 15) is 9.59 Å². The number of carbonyl (C=O) groups is 2. The van der Waals surface area contributed by atoms with E-state index in [-0.39, 0.29) is 24.7 Å². The van der Waals surface area contributed by atoms with Crippen molar-refractivity contribution in [2.45, 2.75) is 64.5 Å². The molecule has 0 spiro atoms. The first-order valence-electron chi connectivity index (χ1n) is 6.83. The van der Waals surface area contributed by atoms with Gasteiger partial charge in [0.1, 0.15) is 6.54 Å². The summed E-state index contributed by atoms with van der Waals surface area (Å²) in [5.74, 6) is -0.964. The molecule has 1 rings (SSSR count). The number of nitrogens with zero attached hydrogens (tertiary/aromatic N) is 1. The molecule has 5 heteroatoms. The second kappa shape index (κ2) is 7.24. The fraction of sp³-hybridized carbons (Fsp3) is 0.846. The molecular formula is C13H24N2O3. The number of hydrogen-bond acceptors (Lipinski definition) is 2. The molecule has 1 atom stereocenters. The molecule has 0 bridgehead atoms. The zero-order valence-electron chi connectivity index (χ0n) is 11.3. The highest BCUT2D eigenvalue weighted by atomic mass is 16.4. The average molecular weight is 256 g/mol. The largest absolute Gasteiger partial charge is 0.480 e. The van der Waals surface area contributed by atoms with E-state index in [1.54, 1.807) is 0 Å². The first-order chi connectivity index (χ1) is 8.54. The van der Waals surface area contributed by atoms with Crippen LogP contribution in [0.15, 0.2) is 0 Å². The van der Waals surface area contributed by atoms with E-state index in [2.05, 4.69) is 5.32 Å². The molecule has 0 saturated heterocycles. The van der Waals surface area contributed by atoms with E-state index >= 15 is 0 Å². The maximum absolute atomic E-state index is 12.1. The Labute approximate surface area is 109 Å². The minimum absolute atomic E-state index is 0.0512. The second-order valence-electron chi connectivity index (χ2n) is 5.06. The van der Waals surface area contributed by atoms with Crippen molar-refractivity contribution < 1.29 is 14.7 Å². The van der Waals surface area contributed by atoms with Gasteiger partial charge in [0, 0.05) is 12.1 Å². The van der Waals surface area contributed by atoms with E-state index in [0.29, 0.717) is 0 Å². The highest BCUT2D eigenvalue weighted by Gasteiger charge is 2.24. The Morgan fingerprint density at radius 1 is 1.33 bits per heavy atom. The van der Waals surface area contributed by atoms with Gasteiger partial charge in [0.05, 0.1) is 0 Å². The number of rotatable bonds is 5. The van der Waals surface area contributed by atoms with Crippen LogP contribution in [0.25, 0.3) is 0 Å². The Balaban J connectivity index is 2.54. The number of carboxylic acids is 1. The predicted octanol–water partition coefficient (Wildman–Crippen LogP) is 2.21. The fourth-order valence-corrected chi connectivity index (χ4v) is 2.30. The number of hydrogen-bond donors (Lipinski definition) is 2. The summed E-state index contributed by atoms with van der Waals surface area (Å²) in [6.45, 7) is 3.60. The van der Waals surface area contributed by atoms with Gasteiger partial charge in [0.15, 0.2) is 0 Å². The van der Waals surface area contributed by atoms with Gasteiger partial charge in [-0.2, -0.15) is 0 Å². The highest BCUT2D eigenvalue weighted by molar-refractivity contribution is 5.80. The molecule has 0 aromatic rings. The first kappa shape index (κ1) is 14.8. The molecule has 1 unspecified atom stereocenters. The van der Waals surface area contributed by atoms with Crippen LogP contribution in [0.4, 0.5) is 4.79 Å². The van der Waals surface area contributed by atoms with Crippen molar-refractivity contribution in [3.05, 3.63) is 0 Å². The SMILES string of the molecule is CCC(C)N(CC(=O)O)C(=O)NC1CCCCC1. The second-order valence-corrected chi connectivity index (χ2v) is 5.06. The van der Waals surface area contributed by atoms with Crippen molar-refractivity contribution in [2.75, 3.05) is 6.54 Å². The van der Waals surface area contributed by atoms with Crippen molar-refractivity contribution >= 4 is 12.0 Å². The quantitative estimate of drug-likeness (QED) is 0.792. The zero-order valence-corrected chi connectivity index (χ0v) is 11.3. The summed E-state index contributed by atoms with van der Waals surface area (Å²) in [6.07, 6.45) is 6.29. The maximum Gasteiger partial charge on any atom is 0.323 e. The Hall–Kier alpha value is -1.26. The van der Waals surface area contributed by atoms with Gasteiger partial charge in [-0.3, -0.25) is 4.79 Å². The summed E-state index contributed by atoms with van der Waals surface area (Å²) in [5.41, 5.74) is 0. The van der Waals surface area contributed by atoms with Crippen LogP contribution in [-0.2, 0) is 4.79 Å². The number of aliphatic carboxylic acids is 1. The lowest BCUT2D eigenvalue weighted by Gasteiger charge is -2.30. The number of carboxylic acid groups (broad SMARTS) is 1. The van der Waals surface area contributed by atoms with Crippen molar-refractivity contribution in [3.8, 4) is 0 Å². The van der Waals surface area contributed by atoms with Gasteiger partial charge in [0.2, 0.25) is 0 Å². The molecule has 2 N–H and O–H groups in total. The topological polar surface area (TPSA) is 69.6 Å². The van der Waals surface area contributed by atoms with Gasteiger partial charge >= 0.3 is 12.0 Å². The molecule has 0 aromatic carbocycles. The molecule has 1 aliphatic rings. The highest BCUT2D eigenvalue weighted by Crippen LogP contribution is 2.18. The minimum Gasteiger partial charge on any atom is -0.480 e. The molecule has 1 fully saturated rings. The molecule has 2 amide bonds. The van der Waals surface area contributed by atoms with Gasteiger partial charge < -0.3 is 15.3 Å². The van der Waals surface area contributed by atoms with Crippen molar-refractivity contribution in [3.63, 3.8) is 0 Å². The van der Waals surface area contributed by atoms with E-state index in [1.165, 1.54) is 11.3 Å². The lowest BCUT2D eigenvalue weighted by Crippen LogP contribution is -2.50. The van der Waals surface area contributed by atoms with Gasteiger partial charge in [-0.05, 0) is 26.2 Å². The molecule has 0 aromatic heterocycles. The summed E-state index contributed by atoms with van der Waals surface area (Å²) in [7, 11) is 0. The van der Waals surface area contributed by atoms with Crippen LogP contribution < -0.4 is 5.32 Å². The van der Waals surface area contributed by atoms with Crippen molar-refractivity contribution in [2.24, 2.45) is 0 Å². The Bertz CT molecular complexity index is 288. The van der Waals surface area contributed by atoms with Crippen molar-refractivity contribution in [1.29, 1.82) is 0 Å². The number of nitrogens with one attached hydrogen (secondary N) is 1. The monoisotopic (exact) mass is 256 g/mol. The molecule has 0 heterocycles. The molecule has 0 radical (unpaired) electrons. The van der Waals surface area contributed by atoms with Crippen LogP contribution in [0.5, 0.6) is 0 Å². The molecule has 1 saturated carbocycles. The molecule has 0 aliphatic heterocycles. The van der Waals surface area contributed by atoms with E-state index < -0.39 is 5.97 Å². The summed E-state index contributed by atoms with van der Waals surface area (Å²) >= 11 is 0. The van der Waals surface area contributed by atoms with Gasteiger partial charge in [-0.25, -0.2) is 4.79 Å². The molecule has 18 heavy (non-hydrogen) atoms. The number of amides is 2. The Morgan fingerprint density at radius 2 is 1.94 bits per heavy atom. The summed E-state index contributed by atoms with van der Waals surface area (Å²) in [6, 6.07) is -0.0741. The van der Waals surface area contributed by atoms with Crippen LogP contribution in [0, 0.1) is 0 Å². The third-order valence-corrected chi connectivity index (χ3v) is 3.62. The van der Waals surface area contributed by atoms with Crippen LogP contribution in [0.3, 0.4) is 0 Å². The van der Waals surface area contributed by atoms with Crippen LogP contribution in [0.2, 0.25) is 0 Å².